The molecule has 4 unspecified atom stereocenters. The number of aromatic nitrogens is 1. The third kappa shape index (κ3) is 5.77. The summed E-state index contributed by atoms with van der Waals surface area (Å²) in [6.07, 6.45) is 2.61. The molecule has 3 heterocycles. The van der Waals surface area contributed by atoms with E-state index in [0.29, 0.717) is 12.0 Å². The van der Waals surface area contributed by atoms with Crippen LogP contribution in [0, 0.1) is 0 Å². The van der Waals surface area contributed by atoms with Crippen LogP contribution >= 0.6 is 0 Å². The van der Waals surface area contributed by atoms with Gasteiger partial charge in [-0.1, -0.05) is 87.9 Å². The molecule has 0 spiro atoms. The van der Waals surface area contributed by atoms with Crippen LogP contribution in [0.2, 0.25) is 0 Å². The van der Waals surface area contributed by atoms with Gasteiger partial charge in [-0.3, -0.25) is 0 Å². The Morgan fingerprint density at radius 1 is 1.02 bits per heavy atom. The zero-order chi connectivity index (χ0) is 29.9. The molecule has 2 aliphatic heterocycles. The third-order valence-electron chi connectivity index (χ3n) is 9.76. The number of nitrogens with one attached hydrogen (secondary N) is 2. The highest BCUT2D eigenvalue weighted by Crippen LogP contribution is 2.47. The number of carbonyl (C=O) groups is 1. The molecule has 6 rings (SSSR count). The van der Waals surface area contributed by atoms with Gasteiger partial charge in [0.25, 0.3) is 0 Å². The second kappa shape index (κ2) is 12.8. The summed E-state index contributed by atoms with van der Waals surface area (Å²) in [5, 5.41) is 4.40. The average molecular weight is 579 g/mol. The number of carbonyl (C=O) groups excluding carboxylic acids is 1. The lowest BCUT2D eigenvalue weighted by molar-refractivity contribution is 0.135. The molecule has 4 aromatic rings. The fourth-order valence-electron chi connectivity index (χ4n) is 7.50. The van der Waals surface area contributed by atoms with Crippen molar-refractivity contribution < 1.29 is 9.53 Å². The van der Waals surface area contributed by atoms with Gasteiger partial charge in [-0.05, 0) is 61.7 Å². The molecule has 0 saturated carbocycles. The van der Waals surface area contributed by atoms with Crippen molar-refractivity contribution in [2.24, 2.45) is 0 Å². The maximum absolute atomic E-state index is 13.1. The Hall–Kier alpha value is -3.77. The maximum Gasteiger partial charge on any atom is 0.407 e. The molecule has 1 amide bonds. The number of piperidine rings is 1. The summed E-state index contributed by atoms with van der Waals surface area (Å²) in [5.41, 5.74) is 8.67. The molecule has 1 saturated heterocycles. The van der Waals surface area contributed by atoms with Crippen LogP contribution in [-0.4, -0.2) is 48.2 Å². The number of hydrogen-bond donors (Lipinski definition) is 2. The van der Waals surface area contributed by atoms with Crippen LogP contribution in [-0.2, 0) is 11.3 Å². The van der Waals surface area contributed by atoms with Crippen molar-refractivity contribution in [2.75, 3.05) is 31.1 Å². The first-order valence-corrected chi connectivity index (χ1v) is 16.2. The number of para-hydroxylation sites is 1. The summed E-state index contributed by atoms with van der Waals surface area (Å²) in [5.74, 6) is 0.722. The molecule has 0 radical (unpaired) electrons. The zero-order valence-electron chi connectivity index (χ0n) is 26.1. The molecule has 2 aliphatic rings. The number of fused-ring (bicyclic) bond motifs is 4. The molecule has 0 aliphatic carbocycles. The van der Waals surface area contributed by atoms with E-state index in [-0.39, 0.29) is 24.7 Å². The van der Waals surface area contributed by atoms with E-state index in [1.54, 1.807) is 0 Å². The monoisotopic (exact) mass is 578 g/mol. The number of hydrogen-bond acceptors (Lipinski definition) is 4. The number of aromatic amines is 1. The van der Waals surface area contributed by atoms with Crippen LogP contribution in [0.5, 0.6) is 0 Å². The van der Waals surface area contributed by atoms with Crippen LogP contribution in [0.15, 0.2) is 72.8 Å². The van der Waals surface area contributed by atoms with Gasteiger partial charge in [0.1, 0.15) is 6.61 Å². The largest absolute Gasteiger partial charge is 0.445 e. The summed E-state index contributed by atoms with van der Waals surface area (Å²) in [4.78, 5) is 22.1. The summed E-state index contributed by atoms with van der Waals surface area (Å²) >= 11 is 0. The van der Waals surface area contributed by atoms with Crippen LogP contribution in [0.25, 0.3) is 10.9 Å². The van der Waals surface area contributed by atoms with E-state index >= 15 is 0 Å². The van der Waals surface area contributed by atoms with Gasteiger partial charge in [0, 0.05) is 58.8 Å². The van der Waals surface area contributed by atoms with Crippen LogP contribution in [0.4, 0.5) is 10.5 Å². The molecular formula is C37H46N4O2. The van der Waals surface area contributed by atoms with E-state index in [4.69, 9.17) is 4.74 Å². The molecule has 3 aromatic carbocycles. The van der Waals surface area contributed by atoms with Crippen LogP contribution in [0.3, 0.4) is 0 Å². The zero-order valence-corrected chi connectivity index (χ0v) is 26.1. The number of anilines is 1. The number of amides is 1. The summed E-state index contributed by atoms with van der Waals surface area (Å²) < 4.78 is 5.67. The number of benzene rings is 3. The lowest BCUT2D eigenvalue weighted by Gasteiger charge is -2.38. The summed E-state index contributed by atoms with van der Waals surface area (Å²) in [6, 6.07) is 25.9. The fourth-order valence-corrected chi connectivity index (χ4v) is 7.50. The molecule has 6 heteroatoms. The van der Waals surface area contributed by atoms with Gasteiger partial charge in [-0.2, -0.15) is 0 Å². The number of likely N-dealkylation sites (tertiary alicyclic amines) is 1. The first kappa shape index (κ1) is 29.3. The van der Waals surface area contributed by atoms with Gasteiger partial charge in [-0.15, -0.1) is 0 Å². The second-order valence-corrected chi connectivity index (χ2v) is 12.2. The standard InChI is InChI=1S/C37H46N4O2/c1-5-13-32(39-37(42)43-24-26-14-9-8-10-15-26)35-29-16-11-12-17-31(29)38-36(35)25(4)27-18-19-33-30(22-27)28-20-21-40(6-2)23-34(28)41(33)7-3/h8-12,14-19,22,25,28,32,34,38H,5-7,13,20-21,23-24H2,1-4H3,(H,39,42). The SMILES string of the molecule is CCCC(NC(=O)OCc1ccccc1)c1c(C(C)c2ccc3c(c2)C2CCN(CC)CC2N3CC)[nH]c2ccccc12. The Labute approximate surface area is 256 Å². The van der Waals surface area contributed by atoms with Crippen LogP contribution in [0.1, 0.15) is 92.8 Å². The Kier molecular flexibility index (Phi) is 8.75. The lowest BCUT2D eigenvalue weighted by Crippen LogP contribution is -2.48. The van der Waals surface area contributed by atoms with E-state index in [1.165, 1.54) is 41.0 Å². The van der Waals surface area contributed by atoms with Crippen molar-refractivity contribution in [3.63, 3.8) is 0 Å². The molecule has 1 fully saturated rings. The number of rotatable bonds is 10. The van der Waals surface area contributed by atoms with Gasteiger partial charge >= 0.3 is 6.09 Å². The van der Waals surface area contributed by atoms with E-state index in [0.717, 1.165) is 48.9 Å². The van der Waals surface area contributed by atoms with Gasteiger partial charge in [0.2, 0.25) is 0 Å². The average Bonchev–Trinajstić information content (AvgIpc) is 3.58. The minimum atomic E-state index is -0.382. The lowest BCUT2D eigenvalue weighted by atomic mass is 9.85. The van der Waals surface area contributed by atoms with Gasteiger partial charge in [0.15, 0.2) is 0 Å². The molecule has 4 atom stereocenters. The second-order valence-electron chi connectivity index (χ2n) is 12.2. The Morgan fingerprint density at radius 3 is 2.58 bits per heavy atom. The number of likely N-dealkylation sites (N-methyl/N-ethyl adjacent to an activating group) is 2. The Morgan fingerprint density at radius 2 is 1.81 bits per heavy atom. The molecule has 6 nitrogen and oxygen atoms in total. The van der Waals surface area contributed by atoms with E-state index in [1.807, 2.05) is 30.3 Å². The van der Waals surface area contributed by atoms with Crippen molar-refractivity contribution in [2.45, 2.75) is 77.5 Å². The van der Waals surface area contributed by atoms with E-state index in [9.17, 15) is 4.79 Å². The molecule has 2 N–H and O–H groups in total. The maximum atomic E-state index is 13.1. The number of H-pyrrole nitrogens is 1. The minimum Gasteiger partial charge on any atom is -0.445 e. The van der Waals surface area contributed by atoms with Crippen molar-refractivity contribution in [1.29, 1.82) is 0 Å². The Balaban J connectivity index is 1.31. The summed E-state index contributed by atoms with van der Waals surface area (Å²) in [7, 11) is 0. The van der Waals surface area contributed by atoms with Gasteiger partial charge < -0.3 is 24.8 Å². The first-order chi connectivity index (χ1) is 21.0. The summed E-state index contributed by atoms with van der Waals surface area (Å²) in [6.45, 7) is 13.8. The quantitative estimate of drug-likeness (QED) is 0.200. The number of nitrogens with zero attached hydrogens (tertiary/aromatic N) is 2. The van der Waals surface area contributed by atoms with Gasteiger partial charge in [-0.25, -0.2) is 4.79 Å². The third-order valence-corrected chi connectivity index (χ3v) is 9.76. The topological polar surface area (TPSA) is 60.6 Å². The number of alkyl carbamates (subject to hydrolysis) is 1. The fraction of sp³-hybridized carbons (Fsp3) is 0.432. The van der Waals surface area contributed by atoms with E-state index < -0.39 is 0 Å². The molecular weight excluding hydrogens is 532 g/mol. The Bertz CT molecular complexity index is 1550. The first-order valence-electron chi connectivity index (χ1n) is 16.2. The van der Waals surface area contributed by atoms with Crippen molar-refractivity contribution >= 4 is 22.7 Å². The van der Waals surface area contributed by atoms with Crippen molar-refractivity contribution in [3.8, 4) is 0 Å². The smallest absolute Gasteiger partial charge is 0.407 e. The van der Waals surface area contributed by atoms with Crippen molar-refractivity contribution in [3.05, 3.63) is 101 Å². The molecule has 226 valence electrons. The minimum absolute atomic E-state index is 0.138. The normalized spacial score (nSPS) is 19.6. The van der Waals surface area contributed by atoms with Gasteiger partial charge in [0.05, 0.1) is 6.04 Å². The molecule has 0 bridgehead atoms. The van der Waals surface area contributed by atoms with E-state index in [2.05, 4.69) is 90.3 Å². The number of ether oxygens (including phenoxy) is 1. The molecule has 43 heavy (non-hydrogen) atoms. The predicted octanol–water partition coefficient (Wildman–Crippen LogP) is 8.11. The van der Waals surface area contributed by atoms with Crippen molar-refractivity contribution in [1.82, 2.24) is 15.2 Å². The predicted molar refractivity (Wildman–Crippen MR) is 176 cm³/mol. The highest BCUT2D eigenvalue weighted by Gasteiger charge is 2.41. The molecule has 1 aromatic heterocycles. The van der Waals surface area contributed by atoms with Crippen LogP contribution < -0.4 is 10.2 Å². The highest BCUT2D eigenvalue weighted by molar-refractivity contribution is 5.86. The highest BCUT2D eigenvalue weighted by atomic mass is 16.5.